The van der Waals surface area contributed by atoms with Crippen molar-refractivity contribution in [2.75, 3.05) is 0 Å². The van der Waals surface area contributed by atoms with Gasteiger partial charge in [-0.05, 0) is 43.7 Å². The van der Waals surface area contributed by atoms with Crippen molar-refractivity contribution < 1.29 is 28.9 Å². The minimum Gasteiger partial charge on any atom is -0.481 e. The lowest BCUT2D eigenvalue weighted by Gasteiger charge is -2.26. The molecule has 0 saturated carbocycles. The van der Waals surface area contributed by atoms with Crippen molar-refractivity contribution in [1.82, 2.24) is 0 Å². The zero-order valence-corrected chi connectivity index (χ0v) is 12.1. The van der Waals surface area contributed by atoms with Crippen molar-refractivity contribution in [2.24, 2.45) is 5.41 Å². The fraction of sp³-hybridized carbons (Fsp3) is 0.250. The summed E-state index contributed by atoms with van der Waals surface area (Å²) < 4.78 is 18.7. The predicted octanol–water partition coefficient (Wildman–Crippen LogP) is 2.90. The van der Waals surface area contributed by atoms with E-state index in [0.717, 1.165) is 0 Å². The molecule has 116 valence electrons. The molecule has 1 atom stereocenters. The van der Waals surface area contributed by atoms with Crippen LogP contribution in [0.2, 0.25) is 0 Å². The van der Waals surface area contributed by atoms with Gasteiger partial charge in [0.1, 0.15) is 17.3 Å². The molecule has 1 aromatic rings. The number of carboxylic acids is 2. The Kier molecular flexibility index (Phi) is 4.03. The molecule has 1 aromatic carbocycles. The van der Waals surface area contributed by atoms with Crippen LogP contribution in [0.1, 0.15) is 18.9 Å². The Morgan fingerprint density at radius 3 is 2.55 bits per heavy atom. The summed E-state index contributed by atoms with van der Waals surface area (Å²) in [7, 11) is 0. The molecule has 1 unspecified atom stereocenters. The van der Waals surface area contributed by atoms with Crippen molar-refractivity contribution in [3.63, 3.8) is 0 Å². The number of halogens is 1. The molecule has 5 nitrogen and oxygen atoms in total. The van der Waals surface area contributed by atoms with Crippen LogP contribution in [0.4, 0.5) is 4.39 Å². The fourth-order valence-corrected chi connectivity index (χ4v) is 2.10. The largest absolute Gasteiger partial charge is 0.481 e. The zero-order valence-electron chi connectivity index (χ0n) is 12.1. The first-order valence-electron chi connectivity index (χ1n) is 6.56. The third kappa shape index (κ3) is 3.00. The lowest BCUT2D eigenvalue weighted by atomic mass is 9.79. The van der Waals surface area contributed by atoms with Gasteiger partial charge in [0.2, 0.25) is 0 Å². The average molecular weight is 306 g/mol. The SMILES string of the molecule is Cc1cc(OC2=C(C(=O)O)CC(C)(C(=O)O)C=C2)ccc1F. The summed E-state index contributed by atoms with van der Waals surface area (Å²) in [6, 6.07) is 4.05. The van der Waals surface area contributed by atoms with Crippen LogP contribution in [-0.2, 0) is 9.59 Å². The quantitative estimate of drug-likeness (QED) is 0.893. The van der Waals surface area contributed by atoms with Gasteiger partial charge in [-0.2, -0.15) is 0 Å². The summed E-state index contributed by atoms with van der Waals surface area (Å²) in [6.07, 6.45) is 2.54. The lowest BCUT2D eigenvalue weighted by molar-refractivity contribution is -0.145. The van der Waals surface area contributed by atoms with Gasteiger partial charge in [-0.15, -0.1) is 0 Å². The Bertz CT molecular complexity index is 704. The molecule has 0 radical (unpaired) electrons. The number of hydrogen-bond acceptors (Lipinski definition) is 3. The molecule has 22 heavy (non-hydrogen) atoms. The summed E-state index contributed by atoms with van der Waals surface area (Å²) in [5.74, 6) is -2.41. The smallest absolute Gasteiger partial charge is 0.335 e. The monoisotopic (exact) mass is 306 g/mol. The van der Waals surface area contributed by atoms with Gasteiger partial charge in [0.15, 0.2) is 0 Å². The van der Waals surface area contributed by atoms with Gasteiger partial charge in [0, 0.05) is 6.42 Å². The molecule has 0 amide bonds. The van der Waals surface area contributed by atoms with Crippen molar-refractivity contribution in [1.29, 1.82) is 0 Å². The minimum absolute atomic E-state index is 0.0530. The molecular formula is C16H15FO5. The number of carbonyl (C=O) groups is 2. The van der Waals surface area contributed by atoms with E-state index in [0.29, 0.717) is 5.56 Å². The summed E-state index contributed by atoms with van der Waals surface area (Å²) in [5.41, 5.74) is -1.06. The van der Waals surface area contributed by atoms with Crippen LogP contribution in [0.25, 0.3) is 0 Å². The second kappa shape index (κ2) is 5.63. The molecule has 0 aliphatic heterocycles. The fourth-order valence-electron chi connectivity index (χ4n) is 2.10. The third-order valence-corrected chi connectivity index (χ3v) is 3.55. The van der Waals surface area contributed by atoms with Crippen LogP contribution in [0.5, 0.6) is 5.75 Å². The molecule has 0 spiro atoms. The van der Waals surface area contributed by atoms with Gasteiger partial charge in [-0.1, -0.05) is 6.08 Å². The normalized spacial score (nSPS) is 20.9. The molecule has 6 heteroatoms. The number of ether oxygens (including phenoxy) is 1. The summed E-state index contributed by atoms with van der Waals surface area (Å²) >= 11 is 0. The third-order valence-electron chi connectivity index (χ3n) is 3.55. The first-order chi connectivity index (χ1) is 10.2. The summed E-state index contributed by atoms with van der Waals surface area (Å²) in [6.45, 7) is 3.00. The van der Waals surface area contributed by atoms with E-state index in [1.165, 1.54) is 37.3 Å². The Morgan fingerprint density at radius 1 is 1.32 bits per heavy atom. The number of allylic oxidation sites excluding steroid dienone is 1. The molecular weight excluding hydrogens is 291 g/mol. The van der Waals surface area contributed by atoms with E-state index in [2.05, 4.69) is 0 Å². The van der Waals surface area contributed by atoms with Crippen LogP contribution in [0, 0.1) is 18.2 Å². The van der Waals surface area contributed by atoms with Gasteiger partial charge in [-0.3, -0.25) is 4.79 Å². The average Bonchev–Trinajstić information content (AvgIpc) is 2.44. The number of hydrogen-bond donors (Lipinski definition) is 2. The second-order valence-electron chi connectivity index (χ2n) is 5.39. The summed E-state index contributed by atoms with van der Waals surface area (Å²) in [4.78, 5) is 22.6. The van der Waals surface area contributed by atoms with Crippen molar-refractivity contribution in [3.05, 3.63) is 53.1 Å². The number of benzene rings is 1. The van der Waals surface area contributed by atoms with Gasteiger partial charge in [0.05, 0.1) is 11.0 Å². The lowest BCUT2D eigenvalue weighted by Crippen LogP contribution is -2.30. The topological polar surface area (TPSA) is 83.8 Å². The van der Waals surface area contributed by atoms with Crippen LogP contribution in [0.15, 0.2) is 41.7 Å². The van der Waals surface area contributed by atoms with E-state index in [1.54, 1.807) is 6.92 Å². The van der Waals surface area contributed by atoms with Crippen LogP contribution < -0.4 is 4.74 Å². The predicted molar refractivity (Wildman–Crippen MR) is 75.9 cm³/mol. The highest BCUT2D eigenvalue weighted by Gasteiger charge is 2.37. The molecule has 0 bridgehead atoms. The van der Waals surface area contributed by atoms with Gasteiger partial charge >= 0.3 is 11.9 Å². The van der Waals surface area contributed by atoms with Crippen LogP contribution >= 0.6 is 0 Å². The molecule has 1 aliphatic rings. The molecule has 2 rings (SSSR count). The van der Waals surface area contributed by atoms with E-state index in [1.807, 2.05) is 0 Å². The van der Waals surface area contributed by atoms with Crippen molar-refractivity contribution >= 4 is 11.9 Å². The number of rotatable bonds is 4. The Morgan fingerprint density at radius 2 is 2.00 bits per heavy atom. The van der Waals surface area contributed by atoms with E-state index in [-0.39, 0.29) is 23.5 Å². The zero-order chi connectivity index (χ0) is 16.5. The molecule has 0 heterocycles. The molecule has 1 aliphatic carbocycles. The first kappa shape index (κ1) is 15.8. The van der Waals surface area contributed by atoms with E-state index in [9.17, 15) is 24.2 Å². The Hall–Kier alpha value is -2.63. The van der Waals surface area contributed by atoms with E-state index >= 15 is 0 Å². The minimum atomic E-state index is -1.29. The highest BCUT2D eigenvalue weighted by molar-refractivity contribution is 5.91. The number of carboxylic acid groups (broad SMARTS) is 2. The van der Waals surface area contributed by atoms with E-state index in [4.69, 9.17) is 4.74 Å². The van der Waals surface area contributed by atoms with Crippen LogP contribution in [-0.4, -0.2) is 22.2 Å². The van der Waals surface area contributed by atoms with Gasteiger partial charge < -0.3 is 14.9 Å². The standard InChI is InChI=1S/C16H15FO5/c1-9-7-10(3-4-12(9)17)22-13-5-6-16(2,15(20)21)8-11(13)14(18)19/h3-7H,8H2,1-2H3,(H,18,19)(H,20,21). The maximum Gasteiger partial charge on any atom is 0.335 e. The van der Waals surface area contributed by atoms with Crippen molar-refractivity contribution in [2.45, 2.75) is 20.3 Å². The molecule has 0 saturated heterocycles. The Balaban J connectivity index is 2.35. The maximum absolute atomic E-state index is 13.2. The number of aryl methyl sites for hydroxylation is 1. The van der Waals surface area contributed by atoms with Gasteiger partial charge in [-0.25, -0.2) is 9.18 Å². The molecule has 2 N–H and O–H groups in total. The highest BCUT2D eigenvalue weighted by Crippen LogP contribution is 2.35. The molecule has 0 aromatic heterocycles. The summed E-state index contributed by atoms with van der Waals surface area (Å²) in [5, 5.41) is 18.5. The van der Waals surface area contributed by atoms with E-state index < -0.39 is 23.2 Å². The molecule has 0 fully saturated rings. The number of aliphatic carboxylic acids is 2. The first-order valence-corrected chi connectivity index (χ1v) is 6.56. The Labute approximate surface area is 126 Å². The maximum atomic E-state index is 13.2. The van der Waals surface area contributed by atoms with Crippen LogP contribution in [0.3, 0.4) is 0 Å². The van der Waals surface area contributed by atoms with Crippen molar-refractivity contribution in [3.8, 4) is 5.75 Å². The van der Waals surface area contributed by atoms with Gasteiger partial charge in [0.25, 0.3) is 0 Å². The highest BCUT2D eigenvalue weighted by atomic mass is 19.1. The second-order valence-corrected chi connectivity index (χ2v) is 5.39.